The van der Waals surface area contributed by atoms with Gasteiger partial charge in [0.1, 0.15) is 5.82 Å². The summed E-state index contributed by atoms with van der Waals surface area (Å²) in [6, 6.07) is 1.76. The van der Waals surface area contributed by atoms with E-state index >= 15 is 0 Å². The summed E-state index contributed by atoms with van der Waals surface area (Å²) >= 11 is 0.299. The van der Waals surface area contributed by atoms with Crippen molar-refractivity contribution in [2.45, 2.75) is 4.90 Å². The molecule has 4 nitrogen and oxygen atoms in total. The van der Waals surface area contributed by atoms with E-state index in [0.29, 0.717) is 0 Å². The Morgan fingerprint density at radius 3 is 2.47 bits per heavy atom. The number of hydrogen-bond acceptors (Lipinski definition) is 3. The molecule has 1 aromatic carbocycles. The van der Waals surface area contributed by atoms with E-state index in [9.17, 15) is 17.9 Å². The van der Waals surface area contributed by atoms with Gasteiger partial charge in [0.2, 0.25) is 0 Å². The summed E-state index contributed by atoms with van der Waals surface area (Å²) in [6.07, 6.45) is 0. The number of carbonyl (C=O) groups is 1. The third kappa shape index (κ3) is 3.61. The number of primary amides is 1. The summed E-state index contributed by atoms with van der Waals surface area (Å²) < 4.78 is 34.3. The van der Waals surface area contributed by atoms with Crippen LogP contribution in [0.1, 0.15) is 10.4 Å². The molecule has 0 aromatic heterocycles. The Bertz CT molecular complexity index is 394. The van der Waals surface area contributed by atoms with Gasteiger partial charge < -0.3 is 10.3 Å². The molecule has 0 fully saturated rings. The Kier molecular flexibility index (Phi) is 6.16. The van der Waals surface area contributed by atoms with Gasteiger partial charge in [-0.25, -0.2) is 4.39 Å². The van der Waals surface area contributed by atoms with Gasteiger partial charge in [-0.2, -0.15) is 0 Å². The summed E-state index contributed by atoms with van der Waals surface area (Å²) in [6.45, 7) is 0. The molecule has 0 aliphatic carbocycles. The predicted octanol–water partition coefficient (Wildman–Crippen LogP) is -2.07. The van der Waals surface area contributed by atoms with Crippen LogP contribution in [0.3, 0.4) is 0 Å². The number of rotatable bonds is 2. The molecule has 0 spiro atoms. The first-order valence-electron chi connectivity index (χ1n) is 3.31. The molecule has 0 heterocycles. The van der Waals surface area contributed by atoms with E-state index in [2.05, 4.69) is 15.9 Å². The predicted molar refractivity (Wildman–Crippen MR) is 49.8 cm³/mol. The smallest absolute Gasteiger partial charge is 0.768 e. The quantitative estimate of drug-likeness (QED) is 0.503. The average molecular weight is 304 g/mol. The number of hydrogen-bond donors (Lipinski definition) is 1. The number of amides is 1. The van der Waals surface area contributed by atoms with Crippen LogP contribution in [0.15, 0.2) is 21.5 Å². The Labute approximate surface area is 118 Å². The van der Waals surface area contributed by atoms with Gasteiger partial charge in [0.15, 0.2) is 0 Å². The van der Waals surface area contributed by atoms with Gasteiger partial charge in [-0.3, -0.25) is 9.00 Å². The van der Waals surface area contributed by atoms with E-state index in [0.717, 1.165) is 12.1 Å². The van der Waals surface area contributed by atoms with E-state index in [1.165, 1.54) is 0 Å². The van der Waals surface area contributed by atoms with Crippen molar-refractivity contribution in [1.82, 2.24) is 0 Å². The van der Waals surface area contributed by atoms with Crippen molar-refractivity contribution in [2.75, 3.05) is 0 Å². The van der Waals surface area contributed by atoms with Crippen LogP contribution < -0.4 is 35.3 Å². The molecule has 8 heteroatoms. The van der Waals surface area contributed by atoms with E-state index in [-0.39, 0.29) is 38.9 Å². The molecule has 0 saturated carbocycles. The van der Waals surface area contributed by atoms with Crippen molar-refractivity contribution in [2.24, 2.45) is 5.73 Å². The summed E-state index contributed by atoms with van der Waals surface area (Å²) in [4.78, 5) is 10.5. The van der Waals surface area contributed by atoms with Gasteiger partial charge in [0.05, 0.1) is 5.56 Å². The zero-order valence-electron chi connectivity index (χ0n) is 7.62. The minimum atomic E-state index is -2.55. The molecule has 1 rings (SSSR count). The molecular weight excluding hydrogens is 300 g/mol. The fourth-order valence-corrected chi connectivity index (χ4v) is 1.99. The van der Waals surface area contributed by atoms with E-state index < -0.39 is 28.4 Å². The van der Waals surface area contributed by atoms with Crippen LogP contribution in [-0.2, 0) is 11.1 Å². The molecular formula is C7H4BrFNNaO3S. The fraction of sp³-hybridized carbons (Fsp3) is 0. The Balaban J connectivity index is 0.00000196. The SMILES string of the molecule is NC(=O)c1cc(S(=O)[O-])c(Br)cc1F.[Na+]. The number of carbonyl (C=O) groups excluding carboxylic acids is 1. The zero-order valence-corrected chi connectivity index (χ0v) is 12.0. The number of nitrogens with two attached hydrogens (primary N) is 1. The van der Waals surface area contributed by atoms with Crippen LogP contribution in [0.4, 0.5) is 4.39 Å². The standard InChI is InChI=1S/C7H5BrFNO3S.Na/c8-4-2-5(9)3(7(10)11)1-6(4)14(12)13;/h1-2H,(H2,10,11)(H,12,13);/q;+1/p-1. The third-order valence-electron chi connectivity index (χ3n) is 1.47. The summed E-state index contributed by atoms with van der Waals surface area (Å²) in [5, 5.41) is 0. The first-order chi connectivity index (χ1) is 6.43. The van der Waals surface area contributed by atoms with Gasteiger partial charge in [-0.1, -0.05) is 0 Å². The Morgan fingerprint density at radius 2 is 2.07 bits per heavy atom. The maximum Gasteiger partial charge on any atom is 1.00 e. The van der Waals surface area contributed by atoms with Crippen LogP contribution in [-0.4, -0.2) is 14.7 Å². The molecule has 1 atom stereocenters. The fourth-order valence-electron chi connectivity index (χ4n) is 0.846. The molecule has 76 valence electrons. The molecule has 2 N–H and O–H groups in total. The topological polar surface area (TPSA) is 83.2 Å². The van der Waals surface area contributed by atoms with Gasteiger partial charge in [0.25, 0.3) is 5.91 Å². The van der Waals surface area contributed by atoms with Crippen molar-refractivity contribution in [3.63, 3.8) is 0 Å². The third-order valence-corrected chi connectivity index (χ3v) is 3.08. The molecule has 1 amide bonds. The van der Waals surface area contributed by atoms with Crippen LogP contribution in [0.2, 0.25) is 0 Å². The molecule has 0 aliphatic rings. The van der Waals surface area contributed by atoms with Gasteiger partial charge in [-0.15, -0.1) is 0 Å². The molecule has 0 aliphatic heterocycles. The van der Waals surface area contributed by atoms with Gasteiger partial charge in [-0.05, 0) is 39.1 Å². The van der Waals surface area contributed by atoms with Crippen LogP contribution in [0, 0.1) is 5.82 Å². The van der Waals surface area contributed by atoms with Gasteiger partial charge in [0, 0.05) is 9.37 Å². The normalized spacial score (nSPS) is 11.7. The van der Waals surface area contributed by atoms with Crippen molar-refractivity contribution >= 4 is 32.9 Å². The molecule has 15 heavy (non-hydrogen) atoms. The zero-order chi connectivity index (χ0) is 10.9. The number of benzene rings is 1. The van der Waals surface area contributed by atoms with Gasteiger partial charge >= 0.3 is 29.6 Å². The Morgan fingerprint density at radius 1 is 1.53 bits per heavy atom. The first kappa shape index (κ1) is 15.2. The monoisotopic (exact) mass is 303 g/mol. The first-order valence-corrected chi connectivity index (χ1v) is 5.18. The molecule has 1 aromatic rings. The average Bonchev–Trinajstić information content (AvgIpc) is 2.02. The molecule has 0 saturated heterocycles. The second-order valence-corrected chi connectivity index (χ2v) is 4.13. The second-order valence-electron chi connectivity index (χ2n) is 2.36. The maximum absolute atomic E-state index is 13.0. The Hall–Kier alpha value is 0.210. The van der Waals surface area contributed by atoms with Crippen molar-refractivity contribution < 1.29 is 47.5 Å². The summed E-state index contributed by atoms with van der Waals surface area (Å²) in [5.41, 5.74) is 4.39. The summed E-state index contributed by atoms with van der Waals surface area (Å²) in [7, 11) is 0. The second kappa shape index (κ2) is 6.07. The van der Waals surface area contributed by atoms with Crippen molar-refractivity contribution in [3.05, 3.63) is 28.0 Å². The number of halogens is 2. The molecule has 0 bridgehead atoms. The molecule has 0 radical (unpaired) electrons. The van der Waals surface area contributed by atoms with Crippen LogP contribution >= 0.6 is 15.9 Å². The van der Waals surface area contributed by atoms with Crippen molar-refractivity contribution in [1.29, 1.82) is 0 Å². The molecule has 1 unspecified atom stereocenters. The minimum Gasteiger partial charge on any atom is -0.768 e. The van der Waals surface area contributed by atoms with E-state index in [4.69, 9.17) is 5.73 Å². The van der Waals surface area contributed by atoms with E-state index in [1.54, 1.807) is 0 Å². The van der Waals surface area contributed by atoms with Crippen LogP contribution in [0.25, 0.3) is 0 Å². The largest absolute Gasteiger partial charge is 1.00 e. The van der Waals surface area contributed by atoms with E-state index in [1.807, 2.05) is 0 Å². The van der Waals surface area contributed by atoms with Crippen LogP contribution in [0.5, 0.6) is 0 Å². The maximum atomic E-state index is 13.0. The van der Waals surface area contributed by atoms with Crippen molar-refractivity contribution in [3.8, 4) is 0 Å². The summed E-state index contributed by atoms with van der Waals surface area (Å²) in [5.74, 6) is -1.87. The minimum absolute atomic E-state index is 0.